The Bertz CT molecular complexity index is 875. The average Bonchev–Trinajstić information content (AvgIpc) is 2.64. The normalized spacial score (nSPS) is 10.2. The molecule has 132 valence electrons. The summed E-state index contributed by atoms with van der Waals surface area (Å²) in [5.74, 6) is 1.47. The maximum atomic E-state index is 11.1. The van der Waals surface area contributed by atoms with Crippen molar-refractivity contribution in [2.45, 2.75) is 13.5 Å². The van der Waals surface area contributed by atoms with Gasteiger partial charge in [0, 0.05) is 19.2 Å². The van der Waals surface area contributed by atoms with E-state index < -0.39 is 0 Å². The SMILES string of the molecule is CC(=O)Nc1ccc(CNc2ccccc2Oc2ccc(O)cc2)cc1. The van der Waals surface area contributed by atoms with Crippen molar-refractivity contribution in [1.82, 2.24) is 0 Å². The van der Waals surface area contributed by atoms with Crippen molar-refractivity contribution in [3.8, 4) is 17.2 Å². The van der Waals surface area contributed by atoms with Crippen LogP contribution >= 0.6 is 0 Å². The first-order valence-corrected chi connectivity index (χ1v) is 8.26. The van der Waals surface area contributed by atoms with Crippen LogP contribution in [0, 0.1) is 0 Å². The molecule has 3 rings (SSSR count). The minimum Gasteiger partial charge on any atom is -0.508 e. The lowest BCUT2D eigenvalue weighted by atomic mass is 10.2. The summed E-state index contributed by atoms with van der Waals surface area (Å²) in [5.41, 5.74) is 2.72. The zero-order valence-corrected chi connectivity index (χ0v) is 14.4. The fourth-order valence-electron chi connectivity index (χ4n) is 2.45. The molecule has 3 N–H and O–H groups in total. The Morgan fingerprint density at radius 2 is 1.65 bits per heavy atom. The number of ether oxygens (including phenoxy) is 1. The number of hydrogen-bond acceptors (Lipinski definition) is 4. The molecule has 0 saturated carbocycles. The number of rotatable bonds is 6. The molecule has 3 aromatic rings. The lowest BCUT2D eigenvalue weighted by Crippen LogP contribution is -2.06. The van der Waals surface area contributed by atoms with Crippen LogP contribution in [0.2, 0.25) is 0 Å². The van der Waals surface area contributed by atoms with Crippen LogP contribution in [0.3, 0.4) is 0 Å². The topological polar surface area (TPSA) is 70.6 Å². The minimum atomic E-state index is -0.0869. The van der Waals surface area contributed by atoms with Crippen molar-refractivity contribution in [1.29, 1.82) is 0 Å². The third kappa shape index (κ3) is 4.77. The largest absolute Gasteiger partial charge is 0.508 e. The van der Waals surface area contributed by atoms with Crippen molar-refractivity contribution in [2.75, 3.05) is 10.6 Å². The van der Waals surface area contributed by atoms with Crippen molar-refractivity contribution < 1.29 is 14.6 Å². The van der Waals surface area contributed by atoms with E-state index in [1.54, 1.807) is 24.3 Å². The Kier molecular flexibility index (Phi) is 5.39. The summed E-state index contributed by atoms with van der Waals surface area (Å²) < 4.78 is 5.89. The molecule has 0 radical (unpaired) electrons. The van der Waals surface area contributed by atoms with Gasteiger partial charge in [0.1, 0.15) is 11.5 Å². The highest BCUT2D eigenvalue weighted by Gasteiger charge is 2.05. The molecule has 26 heavy (non-hydrogen) atoms. The zero-order valence-electron chi connectivity index (χ0n) is 14.4. The third-order valence-corrected chi connectivity index (χ3v) is 3.71. The molecular weight excluding hydrogens is 328 g/mol. The zero-order chi connectivity index (χ0) is 18.4. The van der Waals surface area contributed by atoms with Gasteiger partial charge >= 0.3 is 0 Å². The van der Waals surface area contributed by atoms with Crippen LogP contribution in [0.1, 0.15) is 12.5 Å². The van der Waals surface area contributed by atoms with Gasteiger partial charge in [-0.2, -0.15) is 0 Å². The maximum absolute atomic E-state index is 11.1. The molecule has 0 bridgehead atoms. The number of hydrogen-bond donors (Lipinski definition) is 3. The van der Waals surface area contributed by atoms with Crippen LogP contribution < -0.4 is 15.4 Å². The Labute approximate surface area is 152 Å². The Morgan fingerprint density at radius 1 is 0.962 bits per heavy atom. The van der Waals surface area contributed by atoms with E-state index in [0.717, 1.165) is 16.9 Å². The van der Waals surface area contributed by atoms with Gasteiger partial charge in [0.2, 0.25) is 5.91 Å². The summed E-state index contributed by atoms with van der Waals surface area (Å²) in [6.45, 7) is 2.11. The number of phenols is 1. The molecule has 0 atom stereocenters. The summed E-state index contributed by atoms with van der Waals surface area (Å²) in [5, 5.41) is 15.5. The number of carbonyl (C=O) groups is 1. The first-order chi connectivity index (χ1) is 12.6. The van der Waals surface area contributed by atoms with Gasteiger partial charge in [-0.25, -0.2) is 0 Å². The maximum Gasteiger partial charge on any atom is 0.221 e. The van der Waals surface area contributed by atoms with E-state index in [2.05, 4.69) is 10.6 Å². The van der Waals surface area contributed by atoms with Crippen molar-refractivity contribution >= 4 is 17.3 Å². The molecule has 0 heterocycles. The predicted molar refractivity (Wildman–Crippen MR) is 103 cm³/mol. The third-order valence-electron chi connectivity index (χ3n) is 3.71. The molecule has 1 amide bonds. The highest BCUT2D eigenvalue weighted by Crippen LogP contribution is 2.30. The molecule has 5 heteroatoms. The number of phenolic OH excluding ortho intramolecular Hbond substituents is 1. The van der Waals surface area contributed by atoms with Gasteiger partial charge in [-0.15, -0.1) is 0 Å². The van der Waals surface area contributed by atoms with Crippen LogP contribution in [0.5, 0.6) is 17.2 Å². The molecule has 3 aromatic carbocycles. The van der Waals surface area contributed by atoms with Crippen molar-refractivity contribution in [3.05, 3.63) is 78.4 Å². The van der Waals surface area contributed by atoms with E-state index in [9.17, 15) is 9.90 Å². The van der Waals surface area contributed by atoms with E-state index >= 15 is 0 Å². The highest BCUT2D eigenvalue weighted by molar-refractivity contribution is 5.88. The standard InChI is InChI=1S/C21H20N2O3/c1-15(24)23-17-8-6-16(7-9-17)14-22-20-4-2-3-5-21(20)26-19-12-10-18(25)11-13-19/h2-13,22,25H,14H2,1H3,(H,23,24). The summed E-state index contributed by atoms with van der Waals surface area (Å²) in [6, 6.07) is 21.9. The number of benzene rings is 3. The lowest BCUT2D eigenvalue weighted by molar-refractivity contribution is -0.114. The van der Waals surface area contributed by atoms with Gasteiger partial charge in [-0.3, -0.25) is 4.79 Å². The Morgan fingerprint density at radius 3 is 2.35 bits per heavy atom. The lowest BCUT2D eigenvalue weighted by Gasteiger charge is -2.13. The van der Waals surface area contributed by atoms with Crippen molar-refractivity contribution in [2.24, 2.45) is 0 Å². The summed E-state index contributed by atoms with van der Waals surface area (Å²) in [4.78, 5) is 11.1. The molecule has 0 fully saturated rings. The molecule has 5 nitrogen and oxygen atoms in total. The smallest absolute Gasteiger partial charge is 0.221 e. The first-order valence-electron chi connectivity index (χ1n) is 8.26. The second kappa shape index (κ2) is 8.07. The molecule has 0 spiro atoms. The molecule has 0 saturated heterocycles. The fraction of sp³-hybridized carbons (Fsp3) is 0.0952. The number of carbonyl (C=O) groups excluding carboxylic acids is 1. The van der Waals surface area contributed by atoms with Gasteiger partial charge in [-0.1, -0.05) is 24.3 Å². The summed E-state index contributed by atoms with van der Waals surface area (Å²) in [7, 11) is 0. The van der Waals surface area contributed by atoms with Gasteiger partial charge in [0.05, 0.1) is 5.69 Å². The number of para-hydroxylation sites is 2. The molecule has 0 aliphatic carbocycles. The Balaban J connectivity index is 1.66. The molecular formula is C21H20N2O3. The van der Waals surface area contributed by atoms with Crippen molar-refractivity contribution in [3.63, 3.8) is 0 Å². The fourth-order valence-corrected chi connectivity index (χ4v) is 2.45. The molecule has 0 aromatic heterocycles. The quantitative estimate of drug-likeness (QED) is 0.601. The average molecular weight is 348 g/mol. The second-order valence-electron chi connectivity index (χ2n) is 5.82. The molecule has 0 aliphatic rings. The predicted octanol–water partition coefficient (Wildman–Crippen LogP) is 4.76. The van der Waals surface area contributed by atoms with Gasteiger partial charge in [-0.05, 0) is 54.1 Å². The van der Waals surface area contributed by atoms with E-state index in [-0.39, 0.29) is 11.7 Å². The van der Waals surface area contributed by atoms with Crippen LogP contribution in [0.4, 0.5) is 11.4 Å². The number of aromatic hydroxyl groups is 1. The van der Waals surface area contributed by atoms with E-state index in [0.29, 0.717) is 18.0 Å². The number of amides is 1. The van der Waals surface area contributed by atoms with Gasteiger partial charge in [0.25, 0.3) is 0 Å². The second-order valence-corrected chi connectivity index (χ2v) is 5.82. The van der Waals surface area contributed by atoms with E-state index in [1.165, 1.54) is 6.92 Å². The monoisotopic (exact) mass is 348 g/mol. The van der Waals surface area contributed by atoms with Crippen LogP contribution in [-0.4, -0.2) is 11.0 Å². The van der Waals surface area contributed by atoms with Gasteiger partial charge < -0.3 is 20.5 Å². The van der Waals surface area contributed by atoms with Crippen LogP contribution in [0.25, 0.3) is 0 Å². The van der Waals surface area contributed by atoms with E-state index in [4.69, 9.17) is 4.74 Å². The number of anilines is 2. The summed E-state index contributed by atoms with van der Waals surface area (Å²) >= 11 is 0. The van der Waals surface area contributed by atoms with Crippen LogP contribution in [0.15, 0.2) is 72.8 Å². The highest BCUT2D eigenvalue weighted by atomic mass is 16.5. The molecule has 0 aliphatic heterocycles. The minimum absolute atomic E-state index is 0.0869. The summed E-state index contributed by atoms with van der Waals surface area (Å²) in [6.07, 6.45) is 0. The Hall–Kier alpha value is -3.47. The van der Waals surface area contributed by atoms with E-state index in [1.807, 2.05) is 48.5 Å². The number of nitrogens with one attached hydrogen (secondary N) is 2. The first kappa shape index (κ1) is 17.4. The van der Waals surface area contributed by atoms with Crippen LogP contribution in [-0.2, 0) is 11.3 Å². The van der Waals surface area contributed by atoms with Gasteiger partial charge in [0.15, 0.2) is 5.75 Å². The molecule has 0 unspecified atom stereocenters.